The van der Waals surface area contributed by atoms with E-state index < -0.39 is 47.0 Å². The molecule has 2 N–H and O–H groups in total. The van der Waals surface area contributed by atoms with Crippen molar-refractivity contribution in [1.82, 2.24) is 15.7 Å². The van der Waals surface area contributed by atoms with Crippen LogP contribution in [0.15, 0.2) is 17.2 Å². The van der Waals surface area contributed by atoms with Crippen molar-refractivity contribution >= 4 is 40.9 Å². The molecular formula is C13H8F6N4O4S+. The fourth-order valence-corrected chi connectivity index (χ4v) is 2.57. The number of aliphatic imine (C=N–C) groups is 1. The Morgan fingerprint density at radius 3 is 2.32 bits per heavy atom. The molecule has 1 aliphatic rings. The average molecular weight is 430 g/mol. The van der Waals surface area contributed by atoms with Gasteiger partial charge in [0.25, 0.3) is 17.5 Å². The SMILES string of the molecule is CC(NC(=O)c1ccc(C(=O)C(F)(F)F)s1)C1=[N+]C(OC(=O)C(F)(F)F)=NN1. The number of nitrogens with zero attached hydrogens (tertiary/aromatic N) is 2. The van der Waals surface area contributed by atoms with Gasteiger partial charge in [0.2, 0.25) is 0 Å². The molecule has 1 atom stereocenters. The fourth-order valence-electron chi connectivity index (χ4n) is 1.70. The van der Waals surface area contributed by atoms with Gasteiger partial charge in [-0.2, -0.15) is 26.3 Å². The van der Waals surface area contributed by atoms with Crippen LogP contribution in [-0.2, 0) is 9.53 Å². The van der Waals surface area contributed by atoms with Gasteiger partial charge in [0.15, 0.2) is 0 Å². The summed E-state index contributed by atoms with van der Waals surface area (Å²) in [7, 11) is 0. The van der Waals surface area contributed by atoms with E-state index in [1.807, 2.05) is 0 Å². The number of Topliss-reactive ketones (excluding diaryl/α,β-unsaturated/α-hetero) is 1. The number of hydrazone groups is 1. The predicted octanol–water partition coefficient (Wildman–Crippen LogP) is 1.33. The highest BCUT2D eigenvalue weighted by atomic mass is 32.1. The number of rotatable bonds is 4. The maximum Gasteiger partial charge on any atom is 0.511 e. The molecule has 1 radical (unpaired) electrons. The molecule has 0 aromatic carbocycles. The first kappa shape index (κ1) is 21.3. The zero-order valence-corrected chi connectivity index (χ0v) is 14.3. The Balaban J connectivity index is 1.98. The standard InChI is InChI=1S/C13H8F6N4O4S/c1-4(8-21-11(23-22-8)27-10(26)13(17,18)19)20-9(25)6-3-2-5(28-6)7(24)12(14,15)16/h2-4H,1H3,(H,20,25)(H,22,23)/q+1. The van der Waals surface area contributed by atoms with Gasteiger partial charge in [-0.15, -0.1) is 16.8 Å². The molecule has 1 aromatic heterocycles. The number of hydrogen-bond acceptors (Lipinski definition) is 8. The predicted molar refractivity (Wildman–Crippen MR) is 81.5 cm³/mol. The Hall–Kier alpha value is -2.97. The van der Waals surface area contributed by atoms with Crippen LogP contribution >= 0.6 is 11.3 Å². The van der Waals surface area contributed by atoms with E-state index in [1.54, 1.807) is 0 Å². The van der Waals surface area contributed by atoms with Crippen LogP contribution in [0.5, 0.6) is 0 Å². The number of amidine groups is 2. The molecule has 0 aliphatic carbocycles. The quantitative estimate of drug-likeness (QED) is 0.425. The number of carbonyl (C=O) groups is 3. The highest BCUT2D eigenvalue weighted by Crippen LogP contribution is 2.26. The monoisotopic (exact) mass is 430 g/mol. The third kappa shape index (κ3) is 5.05. The van der Waals surface area contributed by atoms with Crippen molar-refractivity contribution in [2.75, 3.05) is 0 Å². The van der Waals surface area contributed by atoms with Crippen molar-refractivity contribution in [3.63, 3.8) is 0 Å². The third-order valence-corrected chi connectivity index (χ3v) is 4.05. The minimum absolute atomic E-state index is 0.193. The topological polar surface area (TPSA) is 111 Å². The van der Waals surface area contributed by atoms with Gasteiger partial charge < -0.3 is 10.1 Å². The number of halogens is 6. The number of nitrogens with one attached hydrogen (secondary N) is 2. The summed E-state index contributed by atoms with van der Waals surface area (Å²) in [6.45, 7) is 1.32. The number of ether oxygens (including phenoxy) is 1. The summed E-state index contributed by atoms with van der Waals surface area (Å²) < 4.78 is 77.3. The second kappa shape index (κ2) is 7.57. The lowest BCUT2D eigenvalue weighted by atomic mass is 10.3. The zero-order chi connectivity index (χ0) is 21.3. The molecule has 0 saturated heterocycles. The minimum Gasteiger partial charge on any atom is -0.356 e. The maximum atomic E-state index is 12.4. The Morgan fingerprint density at radius 2 is 1.75 bits per heavy atom. The van der Waals surface area contributed by atoms with Crippen LogP contribution in [0.3, 0.4) is 0 Å². The van der Waals surface area contributed by atoms with Crippen LogP contribution in [0.2, 0.25) is 0 Å². The maximum absolute atomic E-state index is 12.4. The van der Waals surface area contributed by atoms with Crippen LogP contribution in [0, 0.1) is 0 Å². The van der Waals surface area contributed by atoms with Gasteiger partial charge in [-0.05, 0) is 24.0 Å². The van der Waals surface area contributed by atoms with Crippen molar-refractivity contribution in [3.8, 4) is 0 Å². The van der Waals surface area contributed by atoms with Crippen molar-refractivity contribution < 1.29 is 45.5 Å². The van der Waals surface area contributed by atoms with Crippen LogP contribution < -0.4 is 15.7 Å². The Labute approximate surface area is 155 Å². The molecule has 1 aromatic rings. The molecular weight excluding hydrogens is 422 g/mol. The molecule has 151 valence electrons. The van der Waals surface area contributed by atoms with Gasteiger partial charge in [-0.3, -0.25) is 9.59 Å². The Kier molecular flexibility index (Phi) is 5.77. The highest BCUT2D eigenvalue weighted by molar-refractivity contribution is 7.16. The summed E-state index contributed by atoms with van der Waals surface area (Å²) in [4.78, 5) is 36.4. The first-order valence-electron chi connectivity index (χ1n) is 7.02. The van der Waals surface area contributed by atoms with Gasteiger partial charge >= 0.3 is 24.3 Å². The van der Waals surface area contributed by atoms with E-state index in [9.17, 15) is 40.7 Å². The summed E-state index contributed by atoms with van der Waals surface area (Å²) in [5, 5.41) is 5.51. The second-order valence-electron chi connectivity index (χ2n) is 5.08. The molecule has 1 unspecified atom stereocenters. The van der Waals surface area contributed by atoms with E-state index in [1.165, 1.54) is 6.92 Å². The van der Waals surface area contributed by atoms with Gasteiger partial charge in [0, 0.05) is 0 Å². The summed E-state index contributed by atoms with van der Waals surface area (Å²) in [5.41, 5.74) is 2.14. The molecule has 2 heterocycles. The molecule has 15 heteroatoms. The molecule has 28 heavy (non-hydrogen) atoms. The normalized spacial score (nSPS) is 15.2. The molecule has 0 spiro atoms. The van der Waals surface area contributed by atoms with E-state index in [-0.39, 0.29) is 10.7 Å². The van der Waals surface area contributed by atoms with Crippen molar-refractivity contribution in [2.24, 2.45) is 5.10 Å². The smallest absolute Gasteiger partial charge is 0.356 e. The van der Waals surface area contributed by atoms with Gasteiger partial charge in [-0.25, -0.2) is 4.79 Å². The number of esters is 1. The number of ketones is 1. The number of hydrogen-bond donors (Lipinski definition) is 2. The van der Waals surface area contributed by atoms with Crippen LogP contribution in [-0.4, -0.2) is 47.9 Å². The number of carbonyl (C=O) groups excluding carboxylic acids is 3. The minimum atomic E-state index is -5.26. The largest absolute Gasteiger partial charge is 0.511 e. The lowest BCUT2D eigenvalue weighted by molar-refractivity contribution is -0.191. The van der Waals surface area contributed by atoms with Gasteiger partial charge in [0.1, 0.15) is 6.04 Å². The lowest BCUT2D eigenvalue weighted by Gasteiger charge is -2.08. The lowest BCUT2D eigenvalue weighted by Crippen LogP contribution is -2.44. The zero-order valence-electron chi connectivity index (χ0n) is 13.4. The van der Waals surface area contributed by atoms with Crippen LogP contribution in [0.1, 0.15) is 26.3 Å². The van der Waals surface area contributed by atoms with Crippen molar-refractivity contribution in [2.45, 2.75) is 25.3 Å². The van der Waals surface area contributed by atoms with E-state index in [4.69, 9.17) is 0 Å². The first-order valence-corrected chi connectivity index (χ1v) is 7.84. The molecule has 0 fully saturated rings. The Morgan fingerprint density at radius 1 is 1.14 bits per heavy atom. The van der Waals surface area contributed by atoms with Crippen LogP contribution in [0.4, 0.5) is 26.3 Å². The molecule has 2 rings (SSSR count). The van der Waals surface area contributed by atoms with Gasteiger partial charge in [-0.1, -0.05) is 0 Å². The highest BCUT2D eigenvalue weighted by Gasteiger charge is 2.44. The molecule has 1 amide bonds. The van der Waals surface area contributed by atoms with Crippen molar-refractivity contribution in [1.29, 1.82) is 0 Å². The number of alkyl halides is 6. The summed E-state index contributed by atoms with van der Waals surface area (Å²) in [6.07, 6.45) is -10.3. The molecule has 1 aliphatic heterocycles. The third-order valence-electron chi connectivity index (χ3n) is 2.97. The second-order valence-corrected chi connectivity index (χ2v) is 6.16. The average Bonchev–Trinajstić information content (AvgIpc) is 3.21. The number of thiophene rings is 1. The summed E-state index contributed by atoms with van der Waals surface area (Å²) in [6, 6.07) is -0.0962. The van der Waals surface area contributed by atoms with E-state index in [2.05, 4.69) is 25.6 Å². The van der Waals surface area contributed by atoms with E-state index >= 15 is 0 Å². The van der Waals surface area contributed by atoms with E-state index in [0.29, 0.717) is 11.3 Å². The van der Waals surface area contributed by atoms with Crippen LogP contribution in [0.25, 0.3) is 0 Å². The number of amides is 1. The van der Waals surface area contributed by atoms with E-state index in [0.717, 1.165) is 12.1 Å². The van der Waals surface area contributed by atoms with Gasteiger partial charge in [0.05, 0.1) is 14.9 Å². The summed E-state index contributed by atoms with van der Waals surface area (Å²) >= 11 is 0.307. The molecule has 8 nitrogen and oxygen atoms in total. The molecule has 0 bridgehead atoms. The molecule has 0 saturated carbocycles. The van der Waals surface area contributed by atoms with Crippen molar-refractivity contribution in [3.05, 3.63) is 21.9 Å². The fraction of sp³-hybridized carbons (Fsp3) is 0.308. The first-order chi connectivity index (χ1) is 12.8. The summed E-state index contributed by atoms with van der Waals surface area (Å²) in [5.74, 6) is -5.71. The Bertz CT molecular complexity index is 873.